The van der Waals surface area contributed by atoms with Crippen molar-refractivity contribution in [3.8, 4) is 0 Å². The summed E-state index contributed by atoms with van der Waals surface area (Å²) in [6.45, 7) is 12.1. The van der Waals surface area contributed by atoms with Crippen LogP contribution in [-0.4, -0.2) is 120 Å². The number of carboxylic acid groups (broad SMARTS) is 3. The second kappa shape index (κ2) is 18.2. The van der Waals surface area contributed by atoms with Gasteiger partial charge in [0, 0.05) is 69.8 Å². The van der Waals surface area contributed by atoms with E-state index in [1.165, 1.54) is 49.3 Å². The van der Waals surface area contributed by atoms with Crippen molar-refractivity contribution in [3.05, 3.63) is 48.0 Å². The first-order valence-electron chi connectivity index (χ1n) is 16.6. The van der Waals surface area contributed by atoms with Crippen LogP contribution in [0.25, 0.3) is 5.65 Å². The van der Waals surface area contributed by atoms with Crippen LogP contribution in [0.2, 0.25) is 0 Å². The largest absolute Gasteiger partial charge is 0.490 e. The average molecular weight is 790 g/mol. The van der Waals surface area contributed by atoms with Crippen LogP contribution in [-0.2, 0) is 20.9 Å². The van der Waals surface area contributed by atoms with E-state index in [1.807, 2.05) is 6.20 Å². The van der Waals surface area contributed by atoms with Crippen molar-refractivity contribution in [3.63, 3.8) is 0 Å². The fourth-order valence-corrected chi connectivity index (χ4v) is 5.53. The highest BCUT2D eigenvalue weighted by molar-refractivity contribution is 5.73. The van der Waals surface area contributed by atoms with E-state index in [1.54, 1.807) is 0 Å². The van der Waals surface area contributed by atoms with E-state index in [0.717, 1.165) is 50.8 Å². The van der Waals surface area contributed by atoms with E-state index in [9.17, 15) is 39.5 Å². The second-order valence-electron chi connectivity index (χ2n) is 13.0. The van der Waals surface area contributed by atoms with Gasteiger partial charge < -0.3 is 20.2 Å². The minimum atomic E-state index is -5.08. The molecular formula is C32H40F9N7O6. The highest BCUT2D eigenvalue weighted by atomic mass is 19.4. The molecule has 0 bridgehead atoms. The molecule has 0 radical (unpaired) electrons. The Hall–Kier alpha value is -4.60. The van der Waals surface area contributed by atoms with Crippen molar-refractivity contribution in [1.82, 2.24) is 29.0 Å². The molecule has 54 heavy (non-hydrogen) atoms. The summed E-state index contributed by atoms with van der Waals surface area (Å²) in [5.74, 6) is -6.08. The van der Waals surface area contributed by atoms with Crippen molar-refractivity contribution in [1.29, 1.82) is 0 Å². The van der Waals surface area contributed by atoms with Gasteiger partial charge in [0.05, 0.1) is 17.9 Å². The summed E-state index contributed by atoms with van der Waals surface area (Å²) < 4.78 is 99.6. The zero-order valence-electron chi connectivity index (χ0n) is 29.1. The average Bonchev–Trinajstić information content (AvgIpc) is 3.44. The van der Waals surface area contributed by atoms with Crippen LogP contribution < -0.4 is 4.90 Å². The first-order chi connectivity index (χ1) is 25.0. The molecule has 3 aliphatic rings. The minimum Gasteiger partial charge on any atom is -0.475 e. The number of aliphatic carboxylic acids is 3. The van der Waals surface area contributed by atoms with Crippen LogP contribution in [0.15, 0.2) is 36.8 Å². The molecule has 6 rings (SSSR count). The number of carboxylic acids is 3. The number of aromatic nitrogens is 4. The summed E-state index contributed by atoms with van der Waals surface area (Å²) in [6, 6.07) is 7.34. The van der Waals surface area contributed by atoms with Gasteiger partial charge in [-0.05, 0) is 57.6 Å². The Morgan fingerprint density at radius 3 is 1.81 bits per heavy atom. The lowest BCUT2D eigenvalue weighted by Gasteiger charge is -2.40. The monoisotopic (exact) mass is 789 g/mol. The van der Waals surface area contributed by atoms with Gasteiger partial charge in [-0.2, -0.15) is 44.6 Å². The Morgan fingerprint density at radius 2 is 1.35 bits per heavy atom. The summed E-state index contributed by atoms with van der Waals surface area (Å²) in [6.07, 6.45) is -3.30. The van der Waals surface area contributed by atoms with E-state index in [-0.39, 0.29) is 0 Å². The number of carbonyl (C=O) groups is 3. The zero-order valence-corrected chi connectivity index (χ0v) is 29.1. The Labute approximate surface area is 302 Å². The Morgan fingerprint density at radius 1 is 0.815 bits per heavy atom. The molecule has 1 unspecified atom stereocenters. The number of fused-ring (bicyclic) bond motifs is 1. The van der Waals surface area contributed by atoms with Crippen molar-refractivity contribution in [2.75, 3.05) is 44.2 Å². The smallest absolute Gasteiger partial charge is 0.475 e. The maximum atomic E-state index is 10.6. The molecule has 5 heterocycles. The molecule has 1 atom stereocenters. The normalized spacial score (nSPS) is 18.3. The minimum absolute atomic E-state index is 0.353. The molecule has 0 amide bonds. The lowest BCUT2D eigenvalue weighted by atomic mass is 10.1. The first kappa shape index (κ1) is 43.8. The summed E-state index contributed by atoms with van der Waals surface area (Å²) in [7, 11) is 0. The van der Waals surface area contributed by atoms with Gasteiger partial charge in [0.25, 0.3) is 0 Å². The van der Waals surface area contributed by atoms with Gasteiger partial charge in [0.2, 0.25) is 0 Å². The Balaban J connectivity index is 0.000000307. The van der Waals surface area contributed by atoms with E-state index in [0.29, 0.717) is 12.1 Å². The second-order valence-corrected chi connectivity index (χ2v) is 13.0. The number of nitrogens with zero attached hydrogens (tertiary/aromatic N) is 7. The predicted molar refractivity (Wildman–Crippen MR) is 173 cm³/mol. The molecular weight excluding hydrogens is 749 g/mol. The molecule has 3 aromatic heterocycles. The van der Waals surface area contributed by atoms with Gasteiger partial charge in [-0.25, -0.2) is 19.4 Å². The molecule has 0 spiro atoms. The summed E-state index contributed by atoms with van der Waals surface area (Å²) in [5, 5.41) is 25.9. The number of pyridine rings is 1. The fraction of sp³-hybridized carbons (Fsp3) is 0.594. The Kier molecular flexibility index (Phi) is 14.7. The molecule has 2 saturated heterocycles. The van der Waals surface area contributed by atoms with E-state index in [4.69, 9.17) is 34.7 Å². The number of alkyl halides is 9. The van der Waals surface area contributed by atoms with Crippen LogP contribution >= 0.6 is 0 Å². The van der Waals surface area contributed by atoms with Crippen LogP contribution in [0, 0.1) is 5.92 Å². The third-order valence-corrected chi connectivity index (χ3v) is 8.34. The number of anilines is 1. The fourth-order valence-electron chi connectivity index (χ4n) is 5.53. The lowest BCUT2D eigenvalue weighted by molar-refractivity contribution is -0.193. The number of piperazine rings is 1. The molecule has 0 aromatic carbocycles. The lowest BCUT2D eigenvalue weighted by Crippen LogP contribution is -2.48. The van der Waals surface area contributed by atoms with Crippen molar-refractivity contribution in [2.45, 2.75) is 76.7 Å². The SMILES string of the molecule is CC(C)n1cc(CN2CCN(CC3CC3)C(c3cn4c(N5CCCC5)cccc4n3)C2)cn1.O=C(O)C(F)(F)F.O=C(O)C(F)(F)F.O=C(O)C(F)(F)F. The van der Waals surface area contributed by atoms with Crippen molar-refractivity contribution >= 4 is 29.4 Å². The first-order valence-corrected chi connectivity index (χ1v) is 16.6. The molecule has 1 aliphatic carbocycles. The molecule has 2 aliphatic heterocycles. The van der Waals surface area contributed by atoms with Gasteiger partial charge in [-0.1, -0.05) is 6.07 Å². The number of imidazole rings is 1. The zero-order chi connectivity index (χ0) is 40.6. The van der Waals surface area contributed by atoms with Crippen molar-refractivity contribution in [2.24, 2.45) is 5.92 Å². The molecule has 302 valence electrons. The van der Waals surface area contributed by atoms with E-state index in [2.05, 4.69) is 73.3 Å². The maximum absolute atomic E-state index is 10.6. The van der Waals surface area contributed by atoms with Crippen LogP contribution in [0.3, 0.4) is 0 Å². The van der Waals surface area contributed by atoms with Gasteiger partial charge in [-0.15, -0.1) is 0 Å². The van der Waals surface area contributed by atoms with Gasteiger partial charge in [-0.3, -0.25) is 18.9 Å². The van der Waals surface area contributed by atoms with E-state index < -0.39 is 36.4 Å². The standard InChI is InChI=1S/C26H37N7.3C2HF3O2/c1-20(2)33-17-22(14-27-33)15-29-12-13-31(16-21-8-9-21)24(19-29)23-18-32-25(28-23)6-5-7-26(32)30-10-3-4-11-30;3*3-2(4,5)1(6)7/h5-7,14,17-18,20-21,24H,3-4,8-13,15-16,19H2,1-2H3;3*(H,6,7). The van der Waals surface area contributed by atoms with Crippen molar-refractivity contribution < 1.29 is 69.2 Å². The van der Waals surface area contributed by atoms with Gasteiger partial charge in [0.15, 0.2) is 0 Å². The summed E-state index contributed by atoms with van der Waals surface area (Å²) in [4.78, 5) is 39.7. The molecule has 1 saturated carbocycles. The molecule has 3 aromatic rings. The number of halogens is 9. The molecule has 3 N–H and O–H groups in total. The Bertz CT molecular complexity index is 1640. The third-order valence-electron chi connectivity index (χ3n) is 8.34. The number of hydrogen-bond donors (Lipinski definition) is 3. The highest BCUT2D eigenvalue weighted by Crippen LogP contribution is 2.35. The topological polar surface area (TPSA) is 157 Å². The maximum Gasteiger partial charge on any atom is 0.490 e. The predicted octanol–water partition coefficient (Wildman–Crippen LogP) is 5.88. The third kappa shape index (κ3) is 13.4. The molecule has 13 nitrogen and oxygen atoms in total. The number of rotatable bonds is 7. The molecule has 3 fully saturated rings. The number of hydrogen-bond acceptors (Lipinski definition) is 8. The summed E-state index contributed by atoms with van der Waals surface area (Å²) in [5.41, 5.74) is 3.62. The van der Waals surface area contributed by atoms with Crippen LogP contribution in [0.5, 0.6) is 0 Å². The quantitative estimate of drug-likeness (QED) is 0.246. The van der Waals surface area contributed by atoms with Crippen LogP contribution in [0.1, 0.15) is 62.9 Å². The highest BCUT2D eigenvalue weighted by Gasteiger charge is 2.40. The van der Waals surface area contributed by atoms with E-state index >= 15 is 0 Å². The summed E-state index contributed by atoms with van der Waals surface area (Å²) >= 11 is 0. The van der Waals surface area contributed by atoms with Crippen LogP contribution in [0.4, 0.5) is 45.3 Å². The van der Waals surface area contributed by atoms with Gasteiger partial charge >= 0.3 is 36.4 Å². The molecule has 22 heteroatoms. The van der Waals surface area contributed by atoms with Gasteiger partial charge in [0.1, 0.15) is 11.5 Å².